The maximum absolute atomic E-state index is 14.3. The molecule has 154 valence electrons. The standard InChI is InChI=1S/C22H19F3N4O/c23-14-3-5-16(20(25)9-14)18-11-26-29-8-7-28(12-21(18)29)22(30)27-15-4-6-19(24)17(10-15)13-1-2-13/h3-6,9-11,13H,1-2,7-8,12H2,(H,27,30). The van der Waals surface area contributed by atoms with Gasteiger partial charge in [0.15, 0.2) is 0 Å². The van der Waals surface area contributed by atoms with Gasteiger partial charge in [-0.1, -0.05) is 0 Å². The van der Waals surface area contributed by atoms with Gasteiger partial charge in [0.1, 0.15) is 17.5 Å². The lowest BCUT2D eigenvalue weighted by atomic mass is 10.0. The molecule has 3 aromatic rings. The largest absolute Gasteiger partial charge is 0.322 e. The molecule has 1 aromatic heterocycles. The van der Waals surface area contributed by atoms with Crippen LogP contribution in [0, 0.1) is 17.5 Å². The van der Waals surface area contributed by atoms with Crippen LogP contribution in [0.5, 0.6) is 0 Å². The van der Waals surface area contributed by atoms with Gasteiger partial charge in [0.25, 0.3) is 0 Å². The first kappa shape index (κ1) is 18.7. The predicted molar refractivity (Wildman–Crippen MR) is 105 cm³/mol. The molecule has 0 atom stereocenters. The van der Waals surface area contributed by atoms with Crippen molar-refractivity contribution in [2.75, 3.05) is 11.9 Å². The van der Waals surface area contributed by atoms with Crippen LogP contribution in [0.3, 0.4) is 0 Å². The highest BCUT2D eigenvalue weighted by molar-refractivity contribution is 5.89. The number of amides is 2. The van der Waals surface area contributed by atoms with E-state index in [4.69, 9.17) is 0 Å². The van der Waals surface area contributed by atoms with Crippen molar-refractivity contribution >= 4 is 11.7 Å². The number of fused-ring (bicyclic) bond motifs is 1. The van der Waals surface area contributed by atoms with Crippen LogP contribution >= 0.6 is 0 Å². The smallest absolute Gasteiger partial charge is 0.317 e. The van der Waals surface area contributed by atoms with Crippen LogP contribution in [0.4, 0.5) is 23.7 Å². The average Bonchev–Trinajstić information content (AvgIpc) is 3.49. The summed E-state index contributed by atoms with van der Waals surface area (Å²) in [6.07, 6.45) is 3.47. The fourth-order valence-corrected chi connectivity index (χ4v) is 3.88. The maximum atomic E-state index is 14.3. The Morgan fingerprint density at radius 2 is 1.83 bits per heavy atom. The topological polar surface area (TPSA) is 50.2 Å². The monoisotopic (exact) mass is 412 g/mol. The van der Waals surface area contributed by atoms with Gasteiger partial charge in [0.05, 0.1) is 25.0 Å². The summed E-state index contributed by atoms with van der Waals surface area (Å²) >= 11 is 0. The van der Waals surface area contributed by atoms with E-state index in [1.54, 1.807) is 21.7 Å². The van der Waals surface area contributed by atoms with Gasteiger partial charge in [0.2, 0.25) is 0 Å². The minimum absolute atomic E-state index is 0.231. The number of carbonyl (C=O) groups excluding carboxylic acids is 1. The van der Waals surface area contributed by atoms with Crippen molar-refractivity contribution in [3.05, 3.63) is 71.3 Å². The zero-order valence-electron chi connectivity index (χ0n) is 16.0. The van der Waals surface area contributed by atoms with Crippen molar-refractivity contribution in [1.29, 1.82) is 0 Å². The van der Waals surface area contributed by atoms with E-state index < -0.39 is 11.6 Å². The number of nitrogens with zero attached hydrogens (tertiary/aromatic N) is 3. The van der Waals surface area contributed by atoms with E-state index in [2.05, 4.69) is 10.4 Å². The molecule has 1 aliphatic carbocycles. The van der Waals surface area contributed by atoms with E-state index in [1.807, 2.05) is 0 Å². The molecule has 5 nitrogen and oxygen atoms in total. The Morgan fingerprint density at radius 3 is 2.60 bits per heavy atom. The van der Waals surface area contributed by atoms with Crippen molar-refractivity contribution in [1.82, 2.24) is 14.7 Å². The lowest BCUT2D eigenvalue weighted by molar-refractivity contribution is 0.194. The summed E-state index contributed by atoms with van der Waals surface area (Å²) < 4.78 is 43.2. The number of benzene rings is 2. The van der Waals surface area contributed by atoms with Gasteiger partial charge in [-0.05, 0) is 54.7 Å². The molecule has 5 rings (SSSR count). The molecule has 0 spiro atoms. The molecule has 30 heavy (non-hydrogen) atoms. The van der Waals surface area contributed by atoms with Crippen LogP contribution in [-0.2, 0) is 13.1 Å². The summed E-state index contributed by atoms with van der Waals surface area (Å²) in [6.45, 7) is 1.12. The number of aromatic nitrogens is 2. The first-order valence-corrected chi connectivity index (χ1v) is 9.85. The third-order valence-corrected chi connectivity index (χ3v) is 5.64. The Bertz CT molecular complexity index is 1140. The molecule has 2 aliphatic rings. The lowest BCUT2D eigenvalue weighted by Crippen LogP contribution is -2.41. The lowest BCUT2D eigenvalue weighted by Gasteiger charge is -2.28. The van der Waals surface area contributed by atoms with Gasteiger partial charge < -0.3 is 10.2 Å². The third kappa shape index (κ3) is 3.42. The number of anilines is 1. The molecule has 0 radical (unpaired) electrons. The predicted octanol–water partition coefficient (Wildman–Crippen LogP) is 4.89. The SMILES string of the molecule is O=C(Nc1ccc(F)c(C2CC2)c1)N1CCn2ncc(-c3ccc(F)cc3F)c2C1. The Morgan fingerprint density at radius 1 is 1.00 bits per heavy atom. The van der Waals surface area contributed by atoms with Crippen molar-refractivity contribution < 1.29 is 18.0 Å². The van der Waals surface area contributed by atoms with Crippen LogP contribution in [0.25, 0.3) is 11.1 Å². The number of hydrogen-bond donors (Lipinski definition) is 1. The van der Waals surface area contributed by atoms with E-state index >= 15 is 0 Å². The quantitative estimate of drug-likeness (QED) is 0.666. The van der Waals surface area contributed by atoms with Crippen LogP contribution in [-0.4, -0.2) is 27.3 Å². The van der Waals surface area contributed by atoms with Gasteiger partial charge in [-0.3, -0.25) is 4.68 Å². The van der Waals surface area contributed by atoms with E-state index in [9.17, 15) is 18.0 Å². The molecule has 1 saturated carbocycles. The van der Waals surface area contributed by atoms with Crippen molar-refractivity contribution in [3.8, 4) is 11.1 Å². The number of urea groups is 1. The molecule has 8 heteroatoms. The zero-order chi connectivity index (χ0) is 20.8. The molecule has 1 N–H and O–H groups in total. The summed E-state index contributed by atoms with van der Waals surface area (Å²) in [5.41, 5.74) is 2.64. The van der Waals surface area contributed by atoms with Crippen LogP contribution < -0.4 is 5.32 Å². The molecular weight excluding hydrogens is 393 g/mol. The van der Waals surface area contributed by atoms with Crippen molar-refractivity contribution in [3.63, 3.8) is 0 Å². The van der Waals surface area contributed by atoms with E-state index in [-0.39, 0.29) is 29.9 Å². The van der Waals surface area contributed by atoms with Gasteiger partial charge in [-0.15, -0.1) is 0 Å². The molecule has 1 aliphatic heterocycles. The highest BCUT2D eigenvalue weighted by Gasteiger charge is 2.28. The fraction of sp³-hybridized carbons (Fsp3) is 0.273. The summed E-state index contributed by atoms with van der Waals surface area (Å²) in [4.78, 5) is 14.4. The Labute approximate surface area is 171 Å². The minimum atomic E-state index is -0.675. The minimum Gasteiger partial charge on any atom is -0.317 e. The Kier molecular flexibility index (Phi) is 4.49. The maximum Gasteiger partial charge on any atom is 0.322 e. The molecule has 0 bridgehead atoms. The van der Waals surface area contributed by atoms with Crippen LogP contribution in [0.15, 0.2) is 42.6 Å². The third-order valence-electron chi connectivity index (χ3n) is 5.64. The Hall–Kier alpha value is -3.29. The first-order chi connectivity index (χ1) is 14.5. The molecule has 0 unspecified atom stereocenters. The molecule has 2 aromatic carbocycles. The van der Waals surface area contributed by atoms with Gasteiger partial charge in [-0.2, -0.15) is 5.10 Å². The van der Waals surface area contributed by atoms with Crippen LogP contribution in [0.2, 0.25) is 0 Å². The number of nitrogens with one attached hydrogen (secondary N) is 1. The van der Waals surface area contributed by atoms with Gasteiger partial charge in [0, 0.05) is 29.4 Å². The number of halogens is 3. The molecule has 2 heterocycles. The highest BCUT2D eigenvalue weighted by Crippen LogP contribution is 2.42. The first-order valence-electron chi connectivity index (χ1n) is 9.85. The van der Waals surface area contributed by atoms with E-state index in [0.29, 0.717) is 35.6 Å². The molecular formula is C22H19F3N4O. The second-order valence-electron chi connectivity index (χ2n) is 7.71. The number of hydrogen-bond acceptors (Lipinski definition) is 2. The summed E-state index contributed by atoms with van der Waals surface area (Å²) in [7, 11) is 0. The highest BCUT2D eigenvalue weighted by atomic mass is 19.1. The summed E-state index contributed by atoms with van der Waals surface area (Å²) in [5.74, 6) is -1.34. The average molecular weight is 412 g/mol. The molecule has 0 saturated heterocycles. The van der Waals surface area contributed by atoms with E-state index in [1.165, 1.54) is 24.4 Å². The summed E-state index contributed by atoms with van der Waals surface area (Å²) in [6, 6.07) is 7.70. The van der Waals surface area contributed by atoms with Crippen LogP contribution in [0.1, 0.15) is 30.0 Å². The van der Waals surface area contributed by atoms with E-state index in [0.717, 1.165) is 18.9 Å². The van der Waals surface area contributed by atoms with Gasteiger partial charge >= 0.3 is 6.03 Å². The normalized spacial score (nSPS) is 15.8. The van der Waals surface area contributed by atoms with Gasteiger partial charge in [-0.25, -0.2) is 18.0 Å². The molecule has 1 fully saturated rings. The summed E-state index contributed by atoms with van der Waals surface area (Å²) in [5, 5.41) is 7.11. The number of carbonyl (C=O) groups is 1. The zero-order valence-corrected chi connectivity index (χ0v) is 16.0. The Balaban J connectivity index is 1.36. The molecule has 2 amide bonds. The van der Waals surface area contributed by atoms with Crippen molar-refractivity contribution in [2.24, 2.45) is 0 Å². The second-order valence-corrected chi connectivity index (χ2v) is 7.71. The second kappa shape index (κ2) is 7.19. The van der Waals surface area contributed by atoms with Crippen molar-refractivity contribution in [2.45, 2.75) is 31.8 Å². The fourth-order valence-electron chi connectivity index (χ4n) is 3.88. The number of rotatable bonds is 3.